The van der Waals surface area contributed by atoms with Crippen molar-refractivity contribution in [1.82, 2.24) is 4.90 Å². The minimum absolute atomic E-state index is 0.133. The van der Waals surface area contributed by atoms with Crippen molar-refractivity contribution in [3.63, 3.8) is 0 Å². The number of carboxylic acid groups (broad SMARTS) is 1. The van der Waals surface area contributed by atoms with Crippen LogP contribution in [0.15, 0.2) is 0 Å². The fraction of sp³-hybridized carbons (Fsp3) is 0.933. The Kier molecular flexibility index (Phi) is 3.35. The van der Waals surface area contributed by atoms with Crippen LogP contribution in [-0.4, -0.2) is 35.1 Å². The Labute approximate surface area is 110 Å². The van der Waals surface area contributed by atoms with Crippen molar-refractivity contribution < 1.29 is 9.90 Å². The zero-order valence-electron chi connectivity index (χ0n) is 11.3. The molecule has 3 rings (SSSR count). The van der Waals surface area contributed by atoms with Crippen LogP contribution in [0.3, 0.4) is 0 Å². The van der Waals surface area contributed by atoms with Gasteiger partial charge in [-0.3, -0.25) is 9.69 Å². The minimum atomic E-state index is -0.598. The third-order valence-electron chi connectivity index (χ3n) is 5.45. The van der Waals surface area contributed by atoms with Gasteiger partial charge in [0.25, 0.3) is 0 Å². The van der Waals surface area contributed by atoms with Crippen LogP contribution in [0, 0.1) is 23.7 Å². The van der Waals surface area contributed by atoms with Gasteiger partial charge in [-0.15, -0.1) is 0 Å². The van der Waals surface area contributed by atoms with E-state index in [9.17, 15) is 9.90 Å². The van der Waals surface area contributed by atoms with Crippen molar-refractivity contribution >= 4 is 5.97 Å². The van der Waals surface area contributed by atoms with E-state index in [-0.39, 0.29) is 5.92 Å². The lowest BCUT2D eigenvalue weighted by Crippen LogP contribution is -2.38. The fourth-order valence-corrected chi connectivity index (χ4v) is 4.15. The Morgan fingerprint density at radius 1 is 1.11 bits per heavy atom. The minimum Gasteiger partial charge on any atom is -0.481 e. The maximum atomic E-state index is 11.2. The van der Waals surface area contributed by atoms with Crippen LogP contribution < -0.4 is 0 Å². The van der Waals surface area contributed by atoms with Gasteiger partial charge in [-0.25, -0.2) is 0 Å². The average molecular weight is 251 g/mol. The van der Waals surface area contributed by atoms with Crippen LogP contribution in [0.25, 0.3) is 0 Å². The summed E-state index contributed by atoms with van der Waals surface area (Å²) in [6.45, 7) is 3.89. The third-order valence-corrected chi connectivity index (χ3v) is 5.45. The lowest BCUT2D eigenvalue weighted by atomic mass is 9.82. The highest BCUT2D eigenvalue weighted by atomic mass is 16.4. The molecule has 0 amide bonds. The first-order chi connectivity index (χ1) is 8.65. The van der Waals surface area contributed by atoms with Gasteiger partial charge < -0.3 is 5.11 Å². The first kappa shape index (κ1) is 12.5. The average Bonchev–Trinajstić information content (AvgIpc) is 3.12. The number of hydrogen-bond donors (Lipinski definition) is 1. The highest BCUT2D eigenvalue weighted by Gasteiger charge is 2.41. The summed E-state index contributed by atoms with van der Waals surface area (Å²) in [5, 5.41) is 9.22. The number of carboxylic acids is 1. The molecule has 2 unspecified atom stereocenters. The largest absolute Gasteiger partial charge is 0.481 e. The lowest BCUT2D eigenvalue weighted by Gasteiger charge is -2.35. The maximum Gasteiger partial charge on any atom is 0.308 e. The number of aliphatic carboxylic acids is 1. The second kappa shape index (κ2) is 4.84. The van der Waals surface area contributed by atoms with Crippen molar-refractivity contribution in [3.8, 4) is 0 Å². The molecule has 2 saturated carbocycles. The van der Waals surface area contributed by atoms with Crippen LogP contribution in [0.4, 0.5) is 0 Å². The highest BCUT2D eigenvalue weighted by molar-refractivity contribution is 5.71. The Morgan fingerprint density at radius 2 is 1.89 bits per heavy atom. The normalized spacial score (nSPS) is 42.1. The zero-order valence-corrected chi connectivity index (χ0v) is 11.3. The molecule has 3 aliphatic rings. The van der Waals surface area contributed by atoms with Gasteiger partial charge in [0, 0.05) is 19.1 Å². The number of carbonyl (C=O) groups is 1. The molecule has 3 heteroatoms. The molecule has 1 heterocycles. The fourth-order valence-electron chi connectivity index (χ4n) is 4.15. The van der Waals surface area contributed by atoms with E-state index in [1.165, 1.54) is 38.5 Å². The molecule has 0 aromatic heterocycles. The summed E-state index contributed by atoms with van der Waals surface area (Å²) in [4.78, 5) is 13.7. The second-order valence-corrected chi connectivity index (χ2v) is 6.79. The predicted molar refractivity (Wildman–Crippen MR) is 70.3 cm³/mol. The first-order valence-electron chi connectivity index (χ1n) is 7.62. The molecule has 1 N–H and O–H groups in total. The molecule has 3 nitrogen and oxygen atoms in total. The molecule has 3 fully saturated rings. The van der Waals surface area contributed by atoms with E-state index in [1.54, 1.807) is 0 Å². The van der Waals surface area contributed by atoms with Gasteiger partial charge in [-0.05, 0) is 43.4 Å². The molecule has 102 valence electrons. The number of likely N-dealkylation sites (tertiary alicyclic amines) is 1. The van der Waals surface area contributed by atoms with Crippen LogP contribution in [0.1, 0.15) is 45.4 Å². The molecular formula is C15H25NO2. The summed E-state index contributed by atoms with van der Waals surface area (Å²) >= 11 is 0. The molecule has 18 heavy (non-hydrogen) atoms. The summed E-state index contributed by atoms with van der Waals surface area (Å²) in [6, 6.07) is 0.677. The molecule has 0 aromatic rings. The summed E-state index contributed by atoms with van der Waals surface area (Å²) in [5.74, 6) is 1.56. The van der Waals surface area contributed by atoms with Crippen molar-refractivity contribution in [2.24, 2.45) is 23.7 Å². The van der Waals surface area contributed by atoms with Crippen LogP contribution in [0.2, 0.25) is 0 Å². The predicted octanol–water partition coefficient (Wildman–Crippen LogP) is 2.61. The molecule has 4 atom stereocenters. The monoisotopic (exact) mass is 251 g/mol. The van der Waals surface area contributed by atoms with Crippen molar-refractivity contribution in [2.75, 3.05) is 13.1 Å². The molecule has 1 saturated heterocycles. The Hall–Kier alpha value is -0.570. The maximum absolute atomic E-state index is 11.2. The lowest BCUT2D eigenvalue weighted by molar-refractivity contribution is -0.142. The van der Waals surface area contributed by atoms with Crippen molar-refractivity contribution in [3.05, 3.63) is 0 Å². The third kappa shape index (κ3) is 2.42. The standard InChI is InChI=1S/C15H25NO2/c1-10-8-16(9-14(10)15(17)18)13-4-2-3-12(7-13)11-5-6-11/h10-14H,2-9H2,1H3,(H,17,18)/t10-,12?,13?,14-/m1/s1. The van der Waals surface area contributed by atoms with Crippen molar-refractivity contribution in [1.29, 1.82) is 0 Å². The van der Waals surface area contributed by atoms with E-state index < -0.39 is 5.97 Å². The van der Waals surface area contributed by atoms with Crippen molar-refractivity contribution in [2.45, 2.75) is 51.5 Å². The Balaban J connectivity index is 1.59. The van der Waals surface area contributed by atoms with E-state index in [0.29, 0.717) is 12.0 Å². The van der Waals surface area contributed by atoms with E-state index in [4.69, 9.17) is 0 Å². The molecule has 2 aliphatic carbocycles. The molecule has 1 aliphatic heterocycles. The summed E-state index contributed by atoms with van der Waals surface area (Å²) in [6.07, 6.45) is 8.31. The smallest absolute Gasteiger partial charge is 0.308 e. The second-order valence-electron chi connectivity index (χ2n) is 6.79. The summed E-state index contributed by atoms with van der Waals surface area (Å²) in [7, 11) is 0. The summed E-state index contributed by atoms with van der Waals surface area (Å²) < 4.78 is 0. The summed E-state index contributed by atoms with van der Waals surface area (Å²) in [5.41, 5.74) is 0. The van der Waals surface area contributed by atoms with E-state index in [1.807, 2.05) is 0 Å². The van der Waals surface area contributed by atoms with Gasteiger partial charge in [-0.1, -0.05) is 19.8 Å². The Bertz CT molecular complexity index is 326. The highest BCUT2D eigenvalue weighted by Crippen LogP contribution is 2.45. The number of nitrogens with zero attached hydrogens (tertiary/aromatic N) is 1. The molecule has 0 radical (unpaired) electrons. The van der Waals surface area contributed by atoms with Gasteiger partial charge in [-0.2, -0.15) is 0 Å². The van der Waals surface area contributed by atoms with Crippen LogP contribution >= 0.6 is 0 Å². The number of rotatable bonds is 3. The molecule has 0 spiro atoms. The zero-order chi connectivity index (χ0) is 12.7. The molecule has 0 bridgehead atoms. The van der Waals surface area contributed by atoms with Crippen LogP contribution in [0.5, 0.6) is 0 Å². The van der Waals surface area contributed by atoms with E-state index in [0.717, 1.165) is 24.9 Å². The quantitative estimate of drug-likeness (QED) is 0.838. The van der Waals surface area contributed by atoms with E-state index in [2.05, 4.69) is 11.8 Å². The number of hydrogen-bond acceptors (Lipinski definition) is 2. The van der Waals surface area contributed by atoms with Gasteiger partial charge in [0.2, 0.25) is 0 Å². The SMILES string of the molecule is C[C@@H]1CN(C2CCCC(C3CC3)C2)C[C@H]1C(=O)O. The van der Waals surface area contributed by atoms with Gasteiger partial charge in [0.15, 0.2) is 0 Å². The van der Waals surface area contributed by atoms with Gasteiger partial charge >= 0.3 is 5.97 Å². The van der Waals surface area contributed by atoms with Gasteiger partial charge in [0.1, 0.15) is 0 Å². The topological polar surface area (TPSA) is 40.5 Å². The van der Waals surface area contributed by atoms with E-state index >= 15 is 0 Å². The Morgan fingerprint density at radius 3 is 2.50 bits per heavy atom. The van der Waals surface area contributed by atoms with Gasteiger partial charge in [0.05, 0.1) is 5.92 Å². The first-order valence-corrected chi connectivity index (χ1v) is 7.62. The van der Waals surface area contributed by atoms with Crippen LogP contribution in [-0.2, 0) is 4.79 Å². The molecular weight excluding hydrogens is 226 g/mol. The molecule has 0 aromatic carbocycles.